The minimum Gasteiger partial charge on any atom is -0.377 e. The second-order valence-electron chi connectivity index (χ2n) is 4.26. The maximum absolute atomic E-state index is 4.69. The van der Waals surface area contributed by atoms with Crippen LogP contribution in [0.15, 0.2) is 24.6 Å². The van der Waals surface area contributed by atoms with E-state index in [0.29, 0.717) is 6.04 Å². The number of anilines is 2. The molecule has 1 aliphatic rings. The van der Waals surface area contributed by atoms with Crippen molar-refractivity contribution in [3.05, 3.63) is 29.6 Å². The van der Waals surface area contributed by atoms with Crippen LogP contribution in [0.3, 0.4) is 0 Å². The minimum absolute atomic E-state index is 0.309. The van der Waals surface area contributed by atoms with E-state index < -0.39 is 0 Å². The molecule has 0 saturated carbocycles. The van der Waals surface area contributed by atoms with Crippen molar-refractivity contribution < 1.29 is 0 Å². The molecule has 1 aromatic heterocycles. The maximum Gasteiger partial charge on any atom is 0.167 e. The first-order valence-corrected chi connectivity index (χ1v) is 6.68. The number of nitrogens with zero attached hydrogens (tertiary/aromatic N) is 2. The van der Waals surface area contributed by atoms with E-state index in [0.717, 1.165) is 27.9 Å². The van der Waals surface area contributed by atoms with E-state index >= 15 is 0 Å². The Labute approximate surface area is 112 Å². The van der Waals surface area contributed by atoms with Crippen molar-refractivity contribution in [2.75, 3.05) is 24.3 Å². The zero-order valence-electron chi connectivity index (χ0n) is 10.9. The zero-order valence-corrected chi connectivity index (χ0v) is 11.8. The van der Waals surface area contributed by atoms with E-state index in [2.05, 4.69) is 33.8 Å². The number of thiazole rings is 1. The fraction of sp³-hybridized carbons (Fsp3) is 0.417. The number of hydrogen-bond donors (Lipinski definition) is 3. The van der Waals surface area contributed by atoms with Crippen LogP contribution in [0.1, 0.15) is 11.9 Å². The molecular weight excluding hydrogens is 246 g/mol. The van der Waals surface area contributed by atoms with Gasteiger partial charge in [0, 0.05) is 32.4 Å². The van der Waals surface area contributed by atoms with Gasteiger partial charge in [0.2, 0.25) is 0 Å². The lowest BCUT2D eigenvalue weighted by Crippen LogP contribution is -2.31. The standard InChI is InChI=1S/C12H19N5S/c1-8(2)17(4)11-12(13-3)18-10(15-11)7-9-5-6-14-16-9/h5-6,9,13-14,16H,1,7H2,2-4H3. The van der Waals surface area contributed by atoms with Gasteiger partial charge in [-0.05, 0) is 13.0 Å². The maximum atomic E-state index is 4.69. The normalized spacial score (nSPS) is 17.6. The molecule has 2 rings (SSSR count). The van der Waals surface area contributed by atoms with Crippen LogP contribution in [-0.2, 0) is 6.42 Å². The third-order valence-electron chi connectivity index (χ3n) is 2.85. The highest BCUT2D eigenvalue weighted by molar-refractivity contribution is 7.16. The predicted molar refractivity (Wildman–Crippen MR) is 77.8 cm³/mol. The van der Waals surface area contributed by atoms with Gasteiger partial charge >= 0.3 is 0 Å². The molecule has 1 atom stereocenters. The molecule has 0 spiro atoms. The van der Waals surface area contributed by atoms with Gasteiger partial charge in [0.15, 0.2) is 5.82 Å². The van der Waals surface area contributed by atoms with Crippen LogP contribution in [0.25, 0.3) is 0 Å². The van der Waals surface area contributed by atoms with Gasteiger partial charge in [-0.1, -0.05) is 17.9 Å². The van der Waals surface area contributed by atoms with E-state index in [9.17, 15) is 0 Å². The molecule has 0 fully saturated rings. The summed E-state index contributed by atoms with van der Waals surface area (Å²) in [5.41, 5.74) is 7.11. The number of allylic oxidation sites excluding steroid dienone is 1. The molecule has 3 N–H and O–H groups in total. The van der Waals surface area contributed by atoms with Crippen molar-refractivity contribution in [2.24, 2.45) is 0 Å². The highest BCUT2D eigenvalue weighted by atomic mass is 32.1. The van der Waals surface area contributed by atoms with Crippen LogP contribution >= 0.6 is 11.3 Å². The molecule has 1 aliphatic heterocycles. The van der Waals surface area contributed by atoms with E-state index in [4.69, 9.17) is 0 Å². The molecule has 98 valence electrons. The van der Waals surface area contributed by atoms with Gasteiger partial charge < -0.3 is 15.6 Å². The molecule has 1 aromatic rings. The average molecular weight is 265 g/mol. The molecule has 6 heteroatoms. The zero-order chi connectivity index (χ0) is 13.1. The quantitative estimate of drug-likeness (QED) is 0.756. The first kappa shape index (κ1) is 12.9. The molecular formula is C12H19N5S. The molecule has 0 amide bonds. The number of hydrogen-bond acceptors (Lipinski definition) is 6. The Morgan fingerprint density at radius 3 is 3.00 bits per heavy atom. The third-order valence-corrected chi connectivity index (χ3v) is 3.93. The van der Waals surface area contributed by atoms with E-state index in [1.54, 1.807) is 11.3 Å². The van der Waals surface area contributed by atoms with Gasteiger partial charge in [0.05, 0.1) is 11.0 Å². The van der Waals surface area contributed by atoms with E-state index in [-0.39, 0.29) is 0 Å². The fourth-order valence-electron chi connectivity index (χ4n) is 1.69. The van der Waals surface area contributed by atoms with Crippen molar-refractivity contribution >= 4 is 22.2 Å². The summed E-state index contributed by atoms with van der Waals surface area (Å²) >= 11 is 1.69. The molecule has 1 unspecified atom stereocenters. The van der Waals surface area contributed by atoms with Crippen molar-refractivity contribution in [3.8, 4) is 0 Å². The lowest BCUT2D eigenvalue weighted by atomic mass is 10.2. The summed E-state index contributed by atoms with van der Waals surface area (Å²) in [4.78, 5) is 6.69. The van der Waals surface area contributed by atoms with Crippen molar-refractivity contribution in [2.45, 2.75) is 19.4 Å². The SMILES string of the molecule is C=C(C)N(C)c1nc(CC2C=CNN2)sc1NC. The van der Waals surface area contributed by atoms with Gasteiger partial charge in [0.1, 0.15) is 5.00 Å². The predicted octanol–water partition coefficient (Wildman–Crippen LogP) is 1.69. The van der Waals surface area contributed by atoms with Crippen molar-refractivity contribution in [3.63, 3.8) is 0 Å². The highest BCUT2D eigenvalue weighted by Gasteiger charge is 2.17. The first-order chi connectivity index (χ1) is 8.61. The van der Waals surface area contributed by atoms with Crippen molar-refractivity contribution in [1.29, 1.82) is 0 Å². The van der Waals surface area contributed by atoms with Crippen LogP contribution in [0, 0.1) is 0 Å². The number of hydrazine groups is 1. The molecule has 0 bridgehead atoms. The van der Waals surface area contributed by atoms with E-state index in [1.165, 1.54) is 0 Å². The Bertz CT molecular complexity index is 465. The second-order valence-corrected chi connectivity index (χ2v) is 5.35. The largest absolute Gasteiger partial charge is 0.377 e. The smallest absolute Gasteiger partial charge is 0.167 e. The summed E-state index contributed by atoms with van der Waals surface area (Å²) in [6, 6.07) is 0.309. The summed E-state index contributed by atoms with van der Waals surface area (Å²) in [6.45, 7) is 5.92. The Kier molecular flexibility index (Phi) is 3.88. The molecule has 5 nitrogen and oxygen atoms in total. The minimum atomic E-state index is 0.309. The summed E-state index contributed by atoms with van der Waals surface area (Å²) in [6.07, 6.45) is 4.90. The second kappa shape index (κ2) is 5.41. The summed E-state index contributed by atoms with van der Waals surface area (Å²) in [7, 11) is 3.90. The molecule has 18 heavy (non-hydrogen) atoms. The number of nitrogens with one attached hydrogen (secondary N) is 3. The first-order valence-electron chi connectivity index (χ1n) is 5.86. The Hall–Kier alpha value is -1.53. The Morgan fingerprint density at radius 2 is 2.44 bits per heavy atom. The Balaban J connectivity index is 2.17. The van der Waals surface area contributed by atoms with Crippen molar-refractivity contribution in [1.82, 2.24) is 15.8 Å². The van der Waals surface area contributed by atoms with Crippen LogP contribution < -0.4 is 21.1 Å². The fourth-order valence-corrected chi connectivity index (χ4v) is 2.69. The van der Waals surface area contributed by atoms with Crippen LogP contribution in [0.2, 0.25) is 0 Å². The molecule has 2 heterocycles. The summed E-state index contributed by atoms with van der Waals surface area (Å²) in [5.74, 6) is 0.944. The molecule has 0 saturated heterocycles. The molecule has 0 radical (unpaired) electrons. The monoisotopic (exact) mass is 265 g/mol. The summed E-state index contributed by atoms with van der Waals surface area (Å²) < 4.78 is 0. The average Bonchev–Trinajstić information content (AvgIpc) is 2.97. The van der Waals surface area contributed by atoms with Gasteiger partial charge in [-0.3, -0.25) is 0 Å². The topological polar surface area (TPSA) is 52.2 Å². The van der Waals surface area contributed by atoms with Gasteiger partial charge in [-0.25, -0.2) is 10.4 Å². The summed E-state index contributed by atoms with van der Waals surface area (Å²) in [5, 5.41) is 5.38. The third kappa shape index (κ3) is 2.65. The van der Waals surface area contributed by atoms with E-state index in [1.807, 2.05) is 32.1 Å². The number of aromatic nitrogens is 1. The van der Waals surface area contributed by atoms with Crippen LogP contribution in [0.4, 0.5) is 10.8 Å². The van der Waals surface area contributed by atoms with Crippen LogP contribution in [0.5, 0.6) is 0 Å². The Morgan fingerprint density at radius 1 is 1.67 bits per heavy atom. The van der Waals surface area contributed by atoms with Gasteiger partial charge in [-0.2, -0.15) is 0 Å². The molecule has 0 aliphatic carbocycles. The highest BCUT2D eigenvalue weighted by Crippen LogP contribution is 2.33. The van der Waals surface area contributed by atoms with Gasteiger partial charge in [0.25, 0.3) is 0 Å². The lowest BCUT2D eigenvalue weighted by molar-refractivity contribution is 0.581. The van der Waals surface area contributed by atoms with Crippen LogP contribution in [-0.4, -0.2) is 25.1 Å². The van der Waals surface area contributed by atoms with Gasteiger partial charge in [-0.15, -0.1) is 0 Å². The molecule has 0 aromatic carbocycles. The lowest BCUT2D eigenvalue weighted by Gasteiger charge is -2.17. The number of rotatable bonds is 5.